The lowest BCUT2D eigenvalue weighted by Crippen LogP contribution is -2.39. The maximum Gasteiger partial charge on any atom is 0.209 e. The summed E-state index contributed by atoms with van der Waals surface area (Å²) in [5, 5.41) is 10.3. The topological polar surface area (TPSA) is 62.1 Å². The average molecular weight is 334 g/mol. The van der Waals surface area contributed by atoms with Crippen molar-refractivity contribution in [3.63, 3.8) is 0 Å². The Morgan fingerprint density at radius 2 is 1.76 bits per heavy atom. The van der Waals surface area contributed by atoms with Crippen LogP contribution in [0.1, 0.15) is 15.9 Å². The maximum atomic E-state index is 12.9. The van der Waals surface area contributed by atoms with Crippen molar-refractivity contribution in [1.82, 2.24) is 4.90 Å². The Kier molecular flexibility index (Phi) is 4.07. The Labute approximate surface area is 145 Å². The van der Waals surface area contributed by atoms with Crippen LogP contribution >= 0.6 is 0 Å². The van der Waals surface area contributed by atoms with Crippen LogP contribution in [0.15, 0.2) is 65.3 Å². The van der Waals surface area contributed by atoms with Crippen molar-refractivity contribution in [2.75, 3.05) is 26.3 Å². The smallest absolute Gasteiger partial charge is 0.209 e. The molecule has 2 aromatic rings. The molecule has 1 saturated heterocycles. The number of benzene rings is 2. The van der Waals surface area contributed by atoms with E-state index in [-0.39, 0.29) is 11.5 Å². The zero-order valence-electron chi connectivity index (χ0n) is 13.7. The van der Waals surface area contributed by atoms with Gasteiger partial charge < -0.3 is 14.7 Å². The number of Topliss-reactive ketones (excluding diaryl/α,β-unsaturated/α-hetero) is 1. The molecule has 5 heteroatoms. The van der Waals surface area contributed by atoms with Crippen molar-refractivity contribution in [3.8, 4) is 5.75 Å². The zero-order chi connectivity index (χ0) is 17.2. The summed E-state index contributed by atoms with van der Waals surface area (Å²) >= 11 is 0. The fourth-order valence-electron chi connectivity index (χ4n) is 3.17. The van der Waals surface area contributed by atoms with Crippen LogP contribution in [0.2, 0.25) is 0 Å². The van der Waals surface area contributed by atoms with Gasteiger partial charge in [-0.3, -0.25) is 4.79 Å². The van der Waals surface area contributed by atoms with Gasteiger partial charge in [-0.15, -0.1) is 0 Å². The Bertz CT molecular complexity index is 866. The number of nitrogens with zero attached hydrogens (tertiary/aromatic N) is 2. The van der Waals surface area contributed by atoms with Gasteiger partial charge in [0.25, 0.3) is 0 Å². The summed E-state index contributed by atoms with van der Waals surface area (Å²) in [4.78, 5) is 19.6. The zero-order valence-corrected chi connectivity index (χ0v) is 13.7. The molecule has 1 heterocycles. The largest absolute Gasteiger partial charge is 0.507 e. The molecule has 0 saturated carbocycles. The molecular formula is C20H18N2O3. The summed E-state index contributed by atoms with van der Waals surface area (Å²) in [7, 11) is 0. The monoisotopic (exact) mass is 334 g/mol. The van der Waals surface area contributed by atoms with Gasteiger partial charge >= 0.3 is 0 Å². The van der Waals surface area contributed by atoms with Crippen molar-refractivity contribution < 1.29 is 14.6 Å². The molecule has 0 atom stereocenters. The number of carbonyl (C=O) groups excluding carboxylic acids is 1. The molecule has 1 N–H and O–H groups in total. The number of aliphatic imine (C=N–C) groups is 1. The first-order valence-electron chi connectivity index (χ1n) is 8.29. The van der Waals surface area contributed by atoms with Crippen molar-refractivity contribution in [3.05, 3.63) is 71.4 Å². The molecule has 2 aromatic carbocycles. The molecule has 1 aliphatic heterocycles. The molecule has 126 valence electrons. The number of morpholine rings is 1. The van der Waals surface area contributed by atoms with Gasteiger partial charge in [-0.1, -0.05) is 30.3 Å². The molecule has 1 aliphatic carbocycles. The highest BCUT2D eigenvalue weighted by atomic mass is 16.5. The van der Waals surface area contributed by atoms with Crippen molar-refractivity contribution in [2.45, 2.75) is 0 Å². The van der Waals surface area contributed by atoms with E-state index in [1.807, 2.05) is 35.2 Å². The predicted molar refractivity (Wildman–Crippen MR) is 95.6 cm³/mol. The van der Waals surface area contributed by atoms with Gasteiger partial charge in [0.05, 0.1) is 35.9 Å². The third kappa shape index (κ3) is 2.94. The third-order valence-corrected chi connectivity index (χ3v) is 4.41. The summed E-state index contributed by atoms with van der Waals surface area (Å²) in [5.74, 6) is -0.0161. The summed E-state index contributed by atoms with van der Waals surface area (Å²) in [5.41, 5.74) is 2.96. The number of phenols is 1. The highest BCUT2D eigenvalue weighted by molar-refractivity contribution is 6.27. The van der Waals surface area contributed by atoms with E-state index in [9.17, 15) is 9.90 Å². The summed E-state index contributed by atoms with van der Waals surface area (Å²) in [6.45, 7) is 2.54. The molecule has 5 nitrogen and oxygen atoms in total. The molecule has 0 bridgehead atoms. The molecule has 25 heavy (non-hydrogen) atoms. The number of hydrogen-bond donors (Lipinski definition) is 1. The van der Waals surface area contributed by atoms with Crippen LogP contribution < -0.4 is 0 Å². The van der Waals surface area contributed by atoms with Gasteiger partial charge in [0.1, 0.15) is 5.75 Å². The van der Waals surface area contributed by atoms with Gasteiger partial charge in [0.15, 0.2) is 0 Å². The minimum Gasteiger partial charge on any atom is -0.507 e. The molecule has 2 aliphatic rings. The summed E-state index contributed by atoms with van der Waals surface area (Å²) < 4.78 is 5.39. The highest BCUT2D eigenvalue weighted by Gasteiger charge is 2.30. The minimum absolute atomic E-state index is 0.0674. The van der Waals surface area contributed by atoms with Gasteiger partial charge in [-0.05, 0) is 24.3 Å². The van der Waals surface area contributed by atoms with E-state index in [0.29, 0.717) is 48.8 Å². The number of fused-ring (bicyclic) bond motifs is 1. The molecule has 0 radical (unpaired) electrons. The van der Waals surface area contributed by atoms with Gasteiger partial charge in [0, 0.05) is 18.7 Å². The molecular weight excluding hydrogens is 316 g/mol. The van der Waals surface area contributed by atoms with Crippen molar-refractivity contribution >= 4 is 17.2 Å². The fraction of sp³-hybridized carbons (Fsp3) is 0.200. The van der Waals surface area contributed by atoms with Crippen LogP contribution in [0.5, 0.6) is 5.75 Å². The number of ketones is 1. The van der Waals surface area contributed by atoms with E-state index < -0.39 is 0 Å². The first-order valence-corrected chi connectivity index (χ1v) is 8.29. The summed E-state index contributed by atoms with van der Waals surface area (Å²) in [6, 6.07) is 14.5. The van der Waals surface area contributed by atoms with Gasteiger partial charge in [-0.2, -0.15) is 0 Å². The van der Waals surface area contributed by atoms with E-state index in [0.717, 1.165) is 5.69 Å². The second-order valence-corrected chi connectivity index (χ2v) is 5.99. The van der Waals surface area contributed by atoms with Crippen molar-refractivity contribution in [1.29, 1.82) is 0 Å². The minimum atomic E-state index is -0.0835. The van der Waals surface area contributed by atoms with E-state index in [4.69, 9.17) is 4.74 Å². The Balaban J connectivity index is 1.85. The van der Waals surface area contributed by atoms with Gasteiger partial charge in [-0.25, -0.2) is 4.99 Å². The molecule has 0 spiro atoms. The Hall–Kier alpha value is -2.92. The van der Waals surface area contributed by atoms with Crippen LogP contribution in [0, 0.1) is 0 Å². The van der Waals surface area contributed by atoms with E-state index in [1.165, 1.54) is 0 Å². The van der Waals surface area contributed by atoms with Crippen LogP contribution in [0.4, 0.5) is 5.69 Å². The van der Waals surface area contributed by atoms with E-state index in [2.05, 4.69) is 4.99 Å². The Morgan fingerprint density at radius 1 is 1.00 bits per heavy atom. The lowest BCUT2D eigenvalue weighted by Gasteiger charge is -2.32. The maximum absolute atomic E-state index is 12.9. The fourth-order valence-corrected chi connectivity index (χ4v) is 3.17. The van der Waals surface area contributed by atoms with Crippen LogP contribution in [0.25, 0.3) is 0 Å². The lowest BCUT2D eigenvalue weighted by atomic mass is 9.90. The standard InChI is InChI=1S/C20H18N2O3/c23-18-8-4-7-15-19(18)16(21-14-5-2-1-3-6-14)13-17(20(15)24)22-9-11-25-12-10-22/h1-8,13,23H,9-12H2. The normalized spacial score (nSPS) is 18.9. The van der Waals surface area contributed by atoms with Crippen LogP contribution in [-0.4, -0.2) is 47.8 Å². The van der Waals surface area contributed by atoms with Crippen LogP contribution in [0.3, 0.4) is 0 Å². The third-order valence-electron chi connectivity index (χ3n) is 4.41. The molecule has 0 unspecified atom stereocenters. The number of para-hydroxylation sites is 1. The molecule has 1 fully saturated rings. The number of ether oxygens (including phenoxy) is 1. The molecule has 4 rings (SSSR count). The second-order valence-electron chi connectivity index (χ2n) is 5.99. The van der Waals surface area contributed by atoms with Crippen molar-refractivity contribution in [2.24, 2.45) is 4.99 Å². The second kappa shape index (κ2) is 6.53. The van der Waals surface area contributed by atoms with Gasteiger partial charge in [0.2, 0.25) is 5.78 Å². The number of hydrogen-bond acceptors (Lipinski definition) is 5. The first-order chi connectivity index (χ1) is 12.2. The number of allylic oxidation sites excluding steroid dienone is 2. The summed E-state index contributed by atoms with van der Waals surface area (Å²) in [6.07, 6.45) is 1.78. The number of rotatable bonds is 2. The first kappa shape index (κ1) is 15.6. The van der Waals surface area contributed by atoms with E-state index in [1.54, 1.807) is 24.3 Å². The predicted octanol–water partition coefficient (Wildman–Crippen LogP) is 2.93. The molecule has 0 aromatic heterocycles. The van der Waals surface area contributed by atoms with Crippen LogP contribution in [-0.2, 0) is 4.74 Å². The SMILES string of the molecule is O=C1C(N2CCOCC2)=CC(=Nc2ccccc2)c2c(O)cccc21. The number of aromatic hydroxyl groups is 1. The quantitative estimate of drug-likeness (QED) is 0.917. The highest BCUT2D eigenvalue weighted by Crippen LogP contribution is 2.31. The average Bonchev–Trinajstić information content (AvgIpc) is 2.65. The Morgan fingerprint density at radius 3 is 2.52 bits per heavy atom. The number of phenolic OH excluding ortho intramolecular Hbond substituents is 1. The number of carbonyl (C=O) groups is 1. The van der Waals surface area contributed by atoms with E-state index >= 15 is 0 Å². The molecule has 0 amide bonds. The lowest BCUT2D eigenvalue weighted by molar-refractivity contribution is 0.0507.